The number of hydrogen-bond acceptors (Lipinski definition) is 7. The highest BCUT2D eigenvalue weighted by molar-refractivity contribution is 7.13. The first-order valence-electron chi connectivity index (χ1n) is 10.8. The van der Waals surface area contributed by atoms with Crippen LogP contribution in [0.2, 0.25) is 0 Å². The third-order valence-electron chi connectivity index (χ3n) is 6.43. The zero-order valence-corrected chi connectivity index (χ0v) is 18.2. The van der Waals surface area contributed by atoms with Gasteiger partial charge in [-0.25, -0.2) is 0 Å². The number of pyridine rings is 1. The molecule has 33 heavy (non-hydrogen) atoms. The maximum absolute atomic E-state index is 12.8. The molecular formula is C23H19F3N4O2S. The minimum absolute atomic E-state index is 0.213. The van der Waals surface area contributed by atoms with E-state index in [2.05, 4.69) is 19.6 Å². The molecular weight excluding hydrogens is 453 g/mol. The number of nitrogens with zero attached hydrogens (tertiary/aromatic N) is 4. The van der Waals surface area contributed by atoms with Crippen LogP contribution in [0.3, 0.4) is 0 Å². The fraction of sp³-hybridized carbons (Fsp3) is 0.391. The summed E-state index contributed by atoms with van der Waals surface area (Å²) in [5.41, 5.74) is 0.157. The van der Waals surface area contributed by atoms with Crippen molar-refractivity contribution in [2.24, 2.45) is 11.8 Å². The molecule has 2 fully saturated rings. The van der Waals surface area contributed by atoms with Crippen LogP contribution < -0.4 is 0 Å². The lowest BCUT2D eigenvalue weighted by atomic mass is 9.92. The molecule has 10 heteroatoms. The molecule has 1 N–H and O–H groups in total. The third-order valence-corrected chi connectivity index (χ3v) is 7.24. The second-order valence-corrected chi connectivity index (χ2v) is 9.65. The van der Waals surface area contributed by atoms with Crippen molar-refractivity contribution in [1.82, 2.24) is 19.6 Å². The monoisotopic (exact) mass is 472 g/mol. The van der Waals surface area contributed by atoms with Crippen LogP contribution in [0.1, 0.15) is 48.7 Å². The summed E-state index contributed by atoms with van der Waals surface area (Å²) in [6, 6.07) is 8.12. The second kappa shape index (κ2) is 7.33. The van der Waals surface area contributed by atoms with Crippen LogP contribution in [-0.4, -0.2) is 24.7 Å². The van der Waals surface area contributed by atoms with Gasteiger partial charge in [-0.3, -0.25) is 4.98 Å². The zero-order valence-electron chi connectivity index (χ0n) is 17.3. The molecule has 2 saturated carbocycles. The molecule has 0 bridgehead atoms. The van der Waals surface area contributed by atoms with Crippen LogP contribution in [0.4, 0.5) is 13.2 Å². The Kier molecular flexibility index (Phi) is 4.60. The molecule has 170 valence electrons. The number of aromatic nitrogens is 4. The van der Waals surface area contributed by atoms with Crippen molar-refractivity contribution < 1.29 is 22.7 Å². The van der Waals surface area contributed by atoms with Crippen LogP contribution in [-0.2, 0) is 18.2 Å². The first-order chi connectivity index (χ1) is 15.8. The molecule has 2 aliphatic carbocycles. The Balaban J connectivity index is 1.24. The summed E-state index contributed by atoms with van der Waals surface area (Å²) >= 11 is 1.27. The van der Waals surface area contributed by atoms with E-state index in [1.165, 1.54) is 23.8 Å². The van der Waals surface area contributed by atoms with Gasteiger partial charge < -0.3 is 9.52 Å². The lowest BCUT2D eigenvalue weighted by Gasteiger charge is -2.23. The van der Waals surface area contributed by atoms with Gasteiger partial charge in [0, 0.05) is 17.1 Å². The summed E-state index contributed by atoms with van der Waals surface area (Å²) in [4.78, 5) is 3.53. The van der Waals surface area contributed by atoms with Crippen molar-refractivity contribution in [3.63, 3.8) is 0 Å². The molecule has 0 unspecified atom stereocenters. The van der Waals surface area contributed by atoms with Gasteiger partial charge in [0.2, 0.25) is 11.8 Å². The standard InChI is InChI=1S/C23H19F3N4O2S/c24-23(25,26)18-8-2-13(11-27-18)20-16-7-1-12(9-17(16)33-30-20)10-19-28-29-21(32-19)22(31,14-3-4-14)15-5-6-15/h1-2,7-9,11,14-15,31H,3-6,10H2. The van der Waals surface area contributed by atoms with Crippen LogP contribution >= 0.6 is 11.5 Å². The molecule has 0 radical (unpaired) electrons. The van der Waals surface area contributed by atoms with Gasteiger partial charge in [0.1, 0.15) is 11.3 Å². The zero-order chi connectivity index (χ0) is 22.8. The number of benzene rings is 1. The van der Waals surface area contributed by atoms with Crippen LogP contribution in [0.15, 0.2) is 40.9 Å². The van der Waals surface area contributed by atoms with E-state index in [1.54, 1.807) is 0 Å². The van der Waals surface area contributed by atoms with E-state index in [0.717, 1.165) is 47.4 Å². The fourth-order valence-corrected chi connectivity index (χ4v) is 5.25. The Hall–Kier alpha value is -2.85. The Bertz CT molecular complexity index is 1310. The summed E-state index contributed by atoms with van der Waals surface area (Å²) in [6.07, 6.45) is 1.11. The summed E-state index contributed by atoms with van der Waals surface area (Å²) in [5.74, 6) is 1.20. The van der Waals surface area contributed by atoms with Crippen LogP contribution in [0.5, 0.6) is 0 Å². The summed E-state index contributed by atoms with van der Waals surface area (Å²) in [5, 5.41) is 20.4. The first kappa shape index (κ1) is 20.7. The van der Waals surface area contributed by atoms with Gasteiger partial charge in [0.15, 0.2) is 0 Å². The van der Waals surface area contributed by atoms with E-state index in [1.807, 2.05) is 18.2 Å². The summed E-state index contributed by atoms with van der Waals surface area (Å²) in [7, 11) is 0. The Labute approximate surface area is 190 Å². The minimum Gasteiger partial charge on any atom is -0.422 e. The van der Waals surface area contributed by atoms with Crippen LogP contribution in [0.25, 0.3) is 21.3 Å². The van der Waals surface area contributed by atoms with Crippen molar-refractivity contribution >= 4 is 21.6 Å². The number of rotatable bonds is 6. The van der Waals surface area contributed by atoms with Crippen molar-refractivity contribution in [3.05, 3.63) is 59.6 Å². The predicted molar refractivity (Wildman–Crippen MR) is 114 cm³/mol. The fourth-order valence-electron chi connectivity index (χ4n) is 4.39. The van der Waals surface area contributed by atoms with Gasteiger partial charge in [0.05, 0.1) is 16.8 Å². The van der Waals surface area contributed by atoms with E-state index < -0.39 is 17.5 Å². The van der Waals surface area contributed by atoms with E-state index in [4.69, 9.17) is 4.42 Å². The number of alkyl halides is 3. The van der Waals surface area contributed by atoms with E-state index in [-0.39, 0.29) is 11.8 Å². The van der Waals surface area contributed by atoms with Gasteiger partial charge in [0.25, 0.3) is 0 Å². The number of fused-ring (bicyclic) bond motifs is 1. The molecule has 0 aliphatic heterocycles. The molecule has 3 aromatic heterocycles. The van der Waals surface area contributed by atoms with Crippen molar-refractivity contribution in [3.8, 4) is 11.3 Å². The van der Waals surface area contributed by atoms with Crippen molar-refractivity contribution in [2.75, 3.05) is 0 Å². The molecule has 0 atom stereocenters. The highest BCUT2D eigenvalue weighted by atomic mass is 32.1. The lowest BCUT2D eigenvalue weighted by Crippen LogP contribution is -2.31. The molecule has 0 saturated heterocycles. The first-order valence-corrected chi connectivity index (χ1v) is 11.6. The second-order valence-electron chi connectivity index (χ2n) is 8.84. The Morgan fingerprint density at radius 2 is 1.79 bits per heavy atom. The number of hydrogen-bond donors (Lipinski definition) is 1. The van der Waals surface area contributed by atoms with Gasteiger partial charge in [-0.15, -0.1) is 10.2 Å². The highest BCUT2D eigenvalue weighted by Crippen LogP contribution is 2.57. The Morgan fingerprint density at radius 1 is 1.03 bits per heavy atom. The maximum atomic E-state index is 12.8. The third kappa shape index (κ3) is 3.71. The molecule has 2 aliphatic rings. The predicted octanol–water partition coefficient (Wildman–Crippen LogP) is 5.36. The summed E-state index contributed by atoms with van der Waals surface area (Å²) in [6.45, 7) is 0. The van der Waals surface area contributed by atoms with Crippen molar-refractivity contribution in [2.45, 2.75) is 43.9 Å². The largest absolute Gasteiger partial charge is 0.433 e. The molecule has 0 amide bonds. The van der Waals surface area contributed by atoms with Gasteiger partial charge in [-0.05, 0) is 72.8 Å². The van der Waals surface area contributed by atoms with E-state index in [0.29, 0.717) is 29.5 Å². The van der Waals surface area contributed by atoms with Crippen LogP contribution in [0, 0.1) is 11.8 Å². The number of halogens is 3. The molecule has 6 nitrogen and oxygen atoms in total. The average Bonchev–Trinajstić information content (AvgIpc) is 3.72. The van der Waals surface area contributed by atoms with Crippen molar-refractivity contribution in [1.29, 1.82) is 0 Å². The summed E-state index contributed by atoms with van der Waals surface area (Å²) < 4.78 is 49.6. The highest BCUT2D eigenvalue weighted by Gasteiger charge is 2.57. The topological polar surface area (TPSA) is 84.9 Å². The minimum atomic E-state index is -4.47. The van der Waals surface area contributed by atoms with Gasteiger partial charge in [-0.1, -0.05) is 12.1 Å². The normalized spacial score (nSPS) is 17.1. The average molecular weight is 472 g/mol. The van der Waals surface area contributed by atoms with E-state index in [9.17, 15) is 18.3 Å². The van der Waals surface area contributed by atoms with Gasteiger partial charge in [-0.2, -0.15) is 17.5 Å². The maximum Gasteiger partial charge on any atom is 0.433 e. The molecule has 6 rings (SSSR count). The smallest absolute Gasteiger partial charge is 0.422 e. The SMILES string of the molecule is OC(c1nnc(Cc2ccc3c(-c4ccc(C(F)(F)F)nc4)nsc3c2)o1)(C1CC1)C1CC1. The van der Waals surface area contributed by atoms with E-state index >= 15 is 0 Å². The molecule has 1 aromatic carbocycles. The molecule has 0 spiro atoms. The quantitative estimate of drug-likeness (QED) is 0.407. The molecule has 4 aromatic rings. The Morgan fingerprint density at radius 3 is 2.42 bits per heavy atom. The van der Waals surface area contributed by atoms with Gasteiger partial charge >= 0.3 is 6.18 Å². The molecule has 3 heterocycles. The number of aliphatic hydroxyl groups is 1. The lowest BCUT2D eigenvalue weighted by molar-refractivity contribution is -0.141.